The molecule has 1 saturated carbocycles. The number of carbonyl (C=O) groups is 3. The Labute approximate surface area is 141 Å². The topological polar surface area (TPSA) is 86.7 Å². The van der Waals surface area contributed by atoms with Gasteiger partial charge in [-0.15, -0.1) is 0 Å². The lowest BCUT2D eigenvalue weighted by molar-refractivity contribution is -0.141. The van der Waals surface area contributed by atoms with Crippen molar-refractivity contribution in [2.75, 3.05) is 13.1 Å². The molecule has 6 heteroatoms. The highest BCUT2D eigenvalue weighted by molar-refractivity contribution is 6.00. The number of carbonyl (C=O) groups excluding carboxylic acids is 2. The zero-order chi connectivity index (χ0) is 17.7. The van der Waals surface area contributed by atoms with Gasteiger partial charge in [-0.3, -0.25) is 14.4 Å². The standard InChI is InChI=1S/C18H24N2O4/c1-3-9-19-16(21)13-5-4-6-14(10-13)17(22)20(15-7-8-15)11-12(2)18(23)24/h4-6,10,12,15H,3,7-9,11H2,1-2H3,(H,19,21)(H,23,24). The summed E-state index contributed by atoms with van der Waals surface area (Å²) < 4.78 is 0. The predicted molar refractivity (Wildman–Crippen MR) is 89.9 cm³/mol. The Morgan fingerprint density at radius 1 is 1.29 bits per heavy atom. The summed E-state index contributed by atoms with van der Waals surface area (Å²) in [6.07, 6.45) is 2.64. The lowest BCUT2D eigenvalue weighted by Gasteiger charge is -2.24. The van der Waals surface area contributed by atoms with Crippen LogP contribution in [0.5, 0.6) is 0 Å². The van der Waals surface area contributed by atoms with Crippen molar-refractivity contribution < 1.29 is 19.5 Å². The molecule has 6 nitrogen and oxygen atoms in total. The van der Waals surface area contributed by atoms with Gasteiger partial charge in [-0.25, -0.2) is 0 Å². The molecule has 1 aliphatic carbocycles. The zero-order valence-electron chi connectivity index (χ0n) is 14.1. The quantitative estimate of drug-likeness (QED) is 0.764. The molecule has 1 aliphatic rings. The first-order valence-corrected chi connectivity index (χ1v) is 8.36. The van der Waals surface area contributed by atoms with Crippen molar-refractivity contribution in [3.05, 3.63) is 35.4 Å². The molecule has 0 heterocycles. The van der Waals surface area contributed by atoms with Crippen LogP contribution in [0.2, 0.25) is 0 Å². The van der Waals surface area contributed by atoms with Gasteiger partial charge in [-0.05, 0) is 37.5 Å². The van der Waals surface area contributed by atoms with E-state index in [0.717, 1.165) is 19.3 Å². The predicted octanol–water partition coefficient (Wildman–Crippen LogP) is 2.15. The highest BCUT2D eigenvalue weighted by atomic mass is 16.4. The number of rotatable bonds is 8. The van der Waals surface area contributed by atoms with Gasteiger partial charge in [0.2, 0.25) is 0 Å². The molecular weight excluding hydrogens is 308 g/mol. The molecule has 0 radical (unpaired) electrons. The number of amides is 2. The van der Waals surface area contributed by atoms with Crippen LogP contribution in [0.4, 0.5) is 0 Å². The average Bonchev–Trinajstić information content (AvgIpc) is 3.41. The summed E-state index contributed by atoms with van der Waals surface area (Å²) in [7, 11) is 0. The second-order valence-corrected chi connectivity index (χ2v) is 6.26. The molecule has 24 heavy (non-hydrogen) atoms. The third kappa shape index (κ3) is 4.57. The molecule has 1 aromatic rings. The summed E-state index contributed by atoms with van der Waals surface area (Å²) in [6.45, 7) is 4.34. The molecule has 1 fully saturated rings. The minimum atomic E-state index is -0.916. The number of carboxylic acids is 1. The van der Waals surface area contributed by atoms with Crippen LogP contribution in [0.25, 0.3) is 0 Å². The third-order valence-corrected chi connectivity index (χ3v) is 4.05. The second-order valence-electron chi connectivity index (χ2n) is 6.26. The van der Waals surface area contributed by atoms with E-state index in [-0.39, 0.29) is 24.4 Å². The van der Waals surface area contributed by atoms with E-state index < -0.39 is 11.9 Å². The molecule has 0 saturated heterocycles. The summed E-state index contributed by atoms with van der Waals surface area (Å²) in [5.41, 5.74) is 0.861. The van der Waals surface area contributed by atoms with Gasteiger partial charge in [0.1, 0.15) is 0 Å². The molecule has 1 aromatic carbocycles. The molecule has 1 unspecified atom stereocenters. The van der Waals surface area contributed by atoms with Gasteiger partial charge in [0, 0.05) is 30.3 Å². The van der Waals surface area contributed by atoms with Gasteiger partial charge in [-0.2, -0.15) is 0 Å². The van der Waals surface area contributed by atoms with Crippen molar-refractivity contribution in [1.82, 2.24) is 10.2 Å². The minimum absolute atomic E-state index is 0.108. The van der Waals surface area contributed by atoms with Crippen LogP contribution in [0.15, 0.2) is 24.3 Å². The van der Waals surface area contributed by atoms with Crippen LogP contribution < -0.4 is 5.32 Å². The first-order chi connectivity index (χ1) is 11.4. The van der Waals surface area contributed by atoms with Gasteiger partial charge in [0.25, 0.3) is 11.8 Å². The summed E-state index contributed by atoms with van der Waals surface area (Å²) in [5, 5.41) is 11.9. The summed E-state index contributed by atoms with van der Waals surface area (Å²) >= 11 is 0. The van der Waals surface area contributed by atoms with E-state index in [0.29, 0.717) is 17.7 Å². The maximum absolute atomic E-state index is 12.8. The summed E-state index contributed by atoms with van der Waals surface area (Å²) in [4.78, 5) is 37.5. The maximum Gasteiger partial charge on any atom is 0.308 e. The normalized spacial score (nSPS) is 14.8. The smallest absolute Gasteiger partial charge is 0.308 e. The van der Waals surface area contributed by atoms with E-state index in [2.05, 4.69) is 5.32 Å². The van der Waals surface area contributed by atoms with Crippen molar-refractivity contribution in [1.29, 1.82) is 0 Å². The number of aliphatic carboxylic acids is 1. The van der Waals surface area contributed by atoms with E-state index in [1.165, 1.54) is 0 Å². The van der Waals surface area contributed by atoms with E-state index in [1.807, 2.05) is 6.92 Å². The molecule has 1 atom stereocenters. The van der Waals surface area contributed by atoms with Crippen LogP contribution in [0, 0.1) is 5.92 Å². The Bertz CT molecular complexity index is 625. The number of nitrogens with one attached hydrogen (secondary N) is 1. The fourth-order valence-corrected chi connectivity index (χ4v) is 2.46. The average molecular weight is 332 g/mol. The van der Waals surface area contributed by atoms with Gasteiger partial charge < -0.3 is 15.3 Å². The van der Waals surface area contributed by atoms with Gasteiger partial charge >= 0.3 is 5.97 Å². The summed E-state index contributed by atoms with van der Waals surface area (Å²) in [6, 6.07) is 6.70. The van der Waals surface area contributed by atoms with Gasteiger partial charge in [0.15, 0.2) is 0 Å². The lowest BCUT2D eigenvalue weighted by atomic mass is 10.1. The lowest BCUT2D eigenvalue weighted by Crippen LogP contribution is -2.38. The highest BCUT2D eigenvalue weighted by Crippen LogP contribution is 2.29. The Balaban J connectivity index is 2.14. The molecule has 0 spiro atoms. The Hall–Kier alpha value is -2.37. The number of benzene rings is 1. The minimum Gasteiger partial charge on any atom is -0.481 e. The largest absolute Gasteiger partial charge is 0.481 e. The monoisotopic (exact) mass is 332 g/mol. The SMILES string of the molecule is CCCNC(=O)c1cccc(C(=O)N(CC(C)C(=O)O)C2CC2)c1. The third-order valence-electron chi connectivity index (χ3n) is 4.05. The van der Waals surface area contributed by atoms with E-state index >= 15 is 0 Å². The molecule has 0 aromatic heterocycles. The van der Waals surface area contributed by atoms with Crippen LogP contribution in [-0.2, 0) is 4.79 Å². The molecular formula is C18H24N2O4. The van der Waals surface area contributed by atoms with Gasteiger partial charge in [-0.1, -0.05) is 19.9 Å². The fraction of sp³-hybridized carbons (Fsp3) is 0.500. The fourth-order valence-electron chi connectivity index (χ4n) is 2.46. The van der Waals surface area contributed by atoms with E-state index in [9.17, 15) is 14.4 Å². The highest BCUT2D eigenvalue weighted by Gasteiger charge is 2.35. The van der Waals surface area contributed by atoms with Crippen LogP contribution in [-0.4, -0.2) is 46.9 Å². The Kier molecular flexibility index (Phi) is 5.95. The van der Waals surface area contributed by atoms with E-state index in [1.54, 1.807) is 36.1 Å². The second kappa shape index (κ2) is 7.95. The molecule has 2 rings (SSSR count). The van der Waals surface area contributed by atoms with Crippen molar-refractivity contribution in [3.8, 4) is 0 Å². The van der Waals surface area contributed by atoms with E-state index in [4.69, 9.17) is 5.11 Å². The van der Waals surface area contributed by atoms with Crippen LogP contribution in [0.3, 0.4) is 0 Å². The number of hydrogen-bond donors (Lipinski definition) is 2. The van der Waals surface area contributed by atoms with Crippen molar-refractivity contribution >= 4 is 17.8 Å². The maximum atomic E-state index is 12.8. The zero-order valence-corrected chi connectivity index (χ0v) is 14.1. The first-order valence-electron chi connectivity index (χ1n) is 8.36. The van der Waals surface area contributed by atoms with Crippen LogP contribution >= 0.6 is 0 Å². The van der Waals surface area contributed by atoms with Crippen LogP contribution in [0.1, 0.15) is 53.8 Å². The first kappa shape index (κ1) is 18.0. The van der Waals surface area contributed by atoms with Gasteiger partial charge in [0.05, 0.1) is 5.92 Å². The molecule has 130 valence electrons. The molecule has 0 aliphatic heterocycles. The Morgan fingerprint density at radius 2 is 1.96 bits per heavy atom. The number of carboxylic acid groups (broad SMARTS) is 1. The van der Waals surface area contributed by atoms with Crippen molar-refractivity contribution in [2.45, 2.75) is 39.2 Å². The van der Waals surface area contributed by atoms with Crippen molar-refractivity contribution in [3.63, 3.8) is 0 Å². The molecule has 2 amide bonds. The number of nitrogens with zero attached hydrogens (tertiary/aromatic N) is 1. The van der Waals surface area contributed by atoms with Crippen molar-refractivity contribution in [2.24, 2.45) is 5.92 Å². The summed E-state index contributed by atoms with van der Waals surface area (Å²) in [5.74, 6) is -1.95. The number of hydrogen-bond acceptors (Lipinski definition) is 3. The molecule has 0 bridgehead atoms. The Morgan fingerprint density at radius 3 is 2.54 bits per heavy atom. The molecule has 2 N–H and O–H groups in total.